The Morgan fingerprint density at radius 1 is 1.45 bits per heavy atom. The molecule has 1 saturated heterocycles. The van der Waals surface area contributed by atoms with Gasteiger partial charge in [-0.05, 0) is 30.2 Å². The van der Waals surface area contributed by atoms with E-state index in [9.17, 15) is 14.7 Å². The van der Waals surface area contributed by atoms with Gasteiger partial charge in [-0.3, -0.25) is 9.59 Å². The summed E-state index contributed by atoms with van der Waals surface area (Å²) in [4.78, 5) is 26.9. The number of nitrogens with zero attached hydrogens (tertiary/aromatic N) is 2. The molecule has 0 aromatic heterocycles. The summed E-state index contributed by atoms with van der Waals surface area (Å²) in [6.45, 7) is 3.67. The Bertz CT molecular complexity index is 573. The molecule has 22 heavy (non-hydrogen) atoms. The molecule has 0 bridgehead atoms. The number of carbonyl (C=O) groups is 2. The summed E-state index contributed by atoms with van der Waals surface area (Å²) < 4.78 is 0.962. The average molecular weight is 367 g/mol. The lowest BCUT2D eigenvalue weighted by atomic mass is 10.0. The van der Waals surface area contributed by atoms with Crippen molar-refractivity contribution in [1.82, 2.24) is 9.80 Å². The van der Waals surface area contributed by atoms with Crippen molar-refractivity contribution in [2.24, 2.45) is 0 Å². The highest BCUT2D eigenvalue weighted by Gasteiger charge is 2.35. The van der Waals surface area contributed by atoms with Crippen molar-refractivity contribution in [3.8, 4) is 0 Å². The molecule has 2 amide bonds. The number of aliphatic hydroxyl groups is 1. The van der Waals surface area contributed by atoms with Crippen LogP contribution in [0.2, 0.25) is 0 Å². The van der Waals surface area contributed by atoms with E-state index in [0.717, 1.165) is 10.0 Å². The van der Waals surface area contributed by atoms with Crippen molar-refractivity contribution in [3.05, 3.63) is 47.0 Å². The van der Waals surface area contributed by atoms with Crippen LogP contribution in [0.25, 0.3) is 0 Å². The molecule has 118 valence electrons. The van der Waals surface area contributed by atoms with Gasteiger partial charge in [0.25, 0.3) is 0 Å². The van der Waals surface area contributed by atoms with Crippen LogP contribution in [0, 0.1) is 0 Å². The smallest absolute Gasteiger partial charge is 0.246 e. The summed E-state index contributed by atoms with van der Waals surface area (Å²) in [5.41, 5.74) is 0.978. The molecule has 1 aliphatic rings. The molecule has 0 radical (unpaired) electrons. The Morgan fingerprint density at radius 3 is 2.68 bits per heavy atom. The van der Waals surface area contributed by atoms with Crippen LogP contribution in [-0.2, 0) is 9.59 Å². The average Bonchev–Trinajstić information content (AvgIpc) is 2.89. The summed E-state index contributed by atoms with van der Waals surface area (Å²) in [5, 5.41) is 9.92. The third-order valence-corrected chi connectivity index (χ3v) is 4.31. The van der Waals surface area contributed by atoms with Crippen molar-refractivity contribution < 1.29 is 14.7 Å². The van der Waals surface area contributed by atoms with Crippen LogP contribution in [0.3, 0.4) is 0 Å². The predicted octanol–water partition coefficient (Wildman–Crippen LogP) is 1.73. The van der Waals surface area contributed by atoms with E-state index in [0.29, 0.717) is 6.42 Å². The fraction of sp³-hybridized carbons (Fsp3) is 0.375. The lowest BCUT2D eigenvalue weighted by Gasteiger charge is -2.27. The summed E-state index contributed by atoms with van der Waals surface area (Å²) in [5.74, 6) is -0.476. The number of rotatable bonds is 4. The largest absolute Gasteiger partial charge is 0.391 e. The quantitative estimate of drug-likeness (QED) is 0.825. The Labute approximate surface area is 138 Å². The highest BCUT2D eigenvalue weighted by atomic mass is 79.9. The van der Waals surface area contributed by atoms with E-state index in [1.807, 2.05) is 24.3 Å². The Kier molecular flexibility index (Phi) is 5.37. The number of hydrogen-bond acceptors (Lipinski definition) is 3. The maximum Gasteiger partial charge on any atom is 0.246 e. The molecule has 2 atom stereocenters. The van der Waals surface area contributed by atoms with Gasteiger partial charge in [0.2, 0.25) is 11.8 Å². The van der Waals surface area contributed by atoms with Crippen LogP contribution in [-0.4, -0.2) is 53.0 Å². The zero-order chi connectivity index (χ0) is 16.3. The van der Waals surface area contributed by atoms with E-state index in [1.165, 1.54) is 11.0 Å². The van der Waals surface area contributed by atoms with Gasteiger partial charge in [-0.1, -0.05) is 34.6 Å². The molecule has 6 heteroatoms. The molecule has 5 nitrogen and oxygen atoms in total. The summed E-state index contributed by atoms with van der Waals surface area (Å²) in [7, 11) is 1.56. The molecular formula is C16H19BrN2O3. The zero-order valence-electron chi connectivity index (χ0n) is 12.4. The van der Waals surface area contributed by atoms with Gasteiger partial charge >= 0.3 is 0 Å². The number of carbonyl (C=O) groups excluding carboxylic acids is 2. The second kappa shape index (κ2) is 7.07. The number of β-amino-alcohol motifs (C(OH)–C–C–N with tert-alkyl or cyclic N) is 1. The number of amides is 2. The predicted molar refractivity (Wildman–Crippen MR) is 87.1 cm³/mol. The molecule has 0 spiro atoms. The minimum atomic E-state index is -0.544. The number of benzene rings is 1. The molecule has 1 heterocycles. The van der Waals surface area contributed by atoms with Gasteiger partial charge in [-0.25, -0.2) is 0 Å². The minimum Gasteiger partial charge on any atom is -0.391 e. The minimum absolute atomic E-state index is 0.0232. The molecule has 0 aliphatic carbocycles. The van der Waals surface area contributed by atoms with Crippen LogP contribution >= 0.6 is 15.9 Å². The fourth-order valence-corrected chi connectivity index (χ4v) is 2.88. The number of hydrogen-bond donors (Lipinski definition) is 1. The van der Waals surface area contributed by atoms with E-state index in [1.54, 1.807) is 11.9 Å². The van der Waals surface area contributed by atoms with E-state index in [4.69, 9.17) is 0 Å². The number of likely N-dealkylation sites (N-methyl/N-ethyl adjacent to an activating group) is 1. The topological polar surface area (TPSA) is 60.9 Å². The first kappa shape index (κ1) is 16.7. The number of halogens is 1. The maximum absolute atomic E-state index is 12.4. The van der Waals surface area contributed by atoms with Crippen LogP contribution in [0.5, 0.6) is 0 Å². The molecule has 1 fully saturated rings. The molecule has 0 saturated carbocycles. The van der Waals surface area contributed by atoms with Gasteiger partial charge in [-0.2, -0.15) is 0 Å². The fourth-order valence-electron chi connectivity index (χ4n) is 2.62. The maximum atomic E-state index is 12.4. The Hall–Kier alpha value is -1.66. The van der Waals surface area contributed by atoms with Crippen molar-refractivity contribution in [1.29, 1.82) is 0 Å². The first-order valence-electron chi connectivity index (χ1n) is 7.03. The SMILES string of the molecule is C=CC(=O)N(C)CC(=O)N1CC(O)CC1c1ccc(Br)cc1. The molecule has 1 aromatic carbocycles. The molecule has 2 unspecified atom stereocenters. The van der Waals surface area contributed by atoms with Gasteiger partial charge in [0.05, 0.1) is 18.7 Å². The summed E-state index contributed by atoms with van der Waals surface area (Å²) >= 11 is 3.38. The summed E-state index contributed by atoms with van der Waals surface area (Å²) in [6, 6.07) is 7.53. The van der Waals surface area contributed by atoms with Crippen molar-refractivity contribution in [2.45, 2.75) is 18.6 Å². The van der Waals surface area contributed by atoms with Crippen molar-refractivity contribution >= 4 is 27.7 Å². The van der Waals surface area contributed by atoms with Gasteiger partial charge in [-0.15, -0.1) is 0 Å². The van der Waals surface area contributed by atoms with E-state index in [-0.39, 0.29) is 30.9 Å². The monoisotopic (exact) mass is 366 g/mol. The van der Waals surface area contributed by atoms with Gasteiger partial charge in [0.1, 0.15) is 0 Å². The molecule has 1 aliphatic heterocycles. The number of likely N-dealkylation sites (tertiary alicyclic amines) is 1. The first-order chi connectivity index (χ1) is 10.4. The summed E-state index contributed by atoms with van der Waals surface area (Å²) in [6.07, 6.45) is 1.14. The van der Waals surface area contributed by atoms with E-state index in [2.05, 4.69) is 22.5 Å². The van der Waals surface area contributed by atoms with Gasteiger partial charge in [0.15, 0.2) is 0 Å². The molecule has 1 N–H and O–H groups in total. The van der Waals surface area contributed by atoms with E-state index < -0.39 is 6.10 Å². The third kappa shape index (κ3) is 3.75. The van der Waals surface area contributed by atoms with Crippen molar-refractivity contribution in [3.63, 3.8) is 0 Å². The van der Waals surface area contributed by atoms with Gasteiger partial charge < -0.3 is 14.9 Å². The normalized spacial score (nSPS) is 20.8. The molecule has 1 aromatic rings. The van der Waals surface area contributed by atoms with Crippen LogP contribution in [0.1, 0.15) is 18.0 Å². The molecule has 2 rings (SSSR count). The Morgan fingerprint density at radius 2 is 2.09 bits per heavy atom. The van der Waals surface area contributed by atoms with Crippen LogP contribution < -0.4 is 0 Å². The number of aliphatic hydroxyl groups excluding tert-OH is 1. The first-order valence-corrected chi connectivity index (χ1v) is 7.82. The standard InChI is InChI=1S/C16H19BrN2O3/c1-3-15(21)18(2)10-16(22)19-9-13(20)8-14(19)11-4-6-12(17)7-5-11/h3-7,13-14,20H,1,8-10H2,2H3. The second-order valence-corrected chi connectivity index (χ2v) is 6.32. The molecular weight excluding hydrogens is 348 g/mol. The lowest BCUT2D eigenvalue weighted by Crippen LogP contribution is -2.40. The second-order valence-electron chi connectivity index (χ2n) is 5.40. The lowest BCUT2D eigenvalue weighted by molar-refractivity contribution is -0.138. The van der Waals surface area contributed by atoms with Crippen LogP contribution in [0.15, 0.2) is 41.4 Å². The van der Waals surface area contributed by atoms with Crippen molar-refractivity contribution in [2.75, 3.05) is 20.1 Å². The Balaban J connectivity index is 2.13. The van der Waals surface area contributed by atoms with Crippen LogP contribution in [0.4, 0.5) is 0 Å². The van der Waals surface area contributed by atoms with E-state index >= 15 is 0 Å². The van der Waals surface area contributed by atoms with Gasteiger partial charge in [0, 0.05) is 18.1 Å². The highest BCUT2D eigenvalue weighted by Crippen LogP contribution is 2.32. The third-order valence-electron chi connectivity index (χ3n) is 3.78. The zero-order valence-corrected chi connectivity index (χ0v) is 14.0. The highest BCUT2D eigenvalue weighted by molar-refractivity contribution is 9.10.